The predicted octanol–water partition coefficient (Wildman–Crippen LogP) is 2.93. The van der Waals surface area contributed by atoms with E-state index in [0.717, 1.165) is 25.9 Å². The summed E-state index contributed by atoms with van der Waals surface area (Å²) in [5.41, 5.74) is 0. The van der Waals surface area contributed by atoms with Crippen molar-refractivity contribution in [2.24, 2.45) is 17.8 Å². The monoisotopic (exact) mass is 282 g/mol. The lowest BCUT2D eigenvalue weighted by molar-refractivity contribution is 0.110. The van der Waals surface area contributed by atoms with Gasteiger partial charge in [0.1, 0.15) is 0 Å². The number of carbonyl (C=O) groups excluding carboxylic acids is 1. The van der Waals surface area contributed by atoms with Crippen molar-refractivity contribution in [2.75, 3.05) is 13.2 Å². The molecule has 2 aliphatic rings. The van der Waals surface area contributed by atoms with E-state index < -0.39 is 0 Å². The molecule has 4 nitrogen and oxygen atoms in total. The maximum atomic E-state index is 12.1. The van der Waals surface area contributed by atoms with Gasteiger partial charge >= 0.3 is 6.03 Å². The Morgan fingerprint density at radius 1 is 1.30 bits per heavy atom. The third-order valence-corrected chi connectivity index (χ3v) is 4.85. The van der Waals surface area contributed by atoms with Crippen molar-refractivity contribution in [1.82, 2.24) is 10.6 Å². The Morgan fingerprint density at radius 3 is 2.75 bits per heavy atom. The van der Waals surface area contributed by atoms with E-state index in [1.165, 1.54) is 12.8 Å². The van der Waals surface area contributed by atoms with Crippen LogP contribution in [-0.2, 0) is 4.74 Å². The molecule has 2 amide bonds. The SMILES string of the molecule is CC(C)[C@H]1CC[C@@H](C)C[C@H]1NC(=O)NC[C@H]1CCCO1. The van der Waals surface area contributed by atoms with Gasteiger partial charge in [0, 0.05) is 19.2 Å². The van der Waals surface area contributed by atoms with Crippen molar-refractivity contribution < 1.29 is 9.53 Å². The Bertz CT molecular complexity index is 314. The first-order chi connectivity index (χ1) is 9.56. The van der Waals surface area contributed by atoms with Gasteiger partial charge in [0.15, 0.2) is 0 Å². The highest BCUT2D eigenvalue weighted by Gasteiger charge is 2.31. The van der Waals surface area contributed by atoms with Crippen LogP contribution in [0.25, 0.3) is 0 Å². The zero-order valence-corrected chi connectivity index (χ0v) is 13.2. The number of rotatable bonds is 4. The van der Waals surface area contributed by atoms with Gasteiger partial charge in [-0.2, -0.15) is 0 Å². The fourth-order valence-corrected chi connectivity index (χ4v) is 3.60. The van der Waals surface area contributed by atoms with Crippen LogP contribution >= 0.6 is 0 Å². The topological polar surface area (TPSA) is 50.4 Å². The molecule has 20 heavy (non-hydrogen) atoms. The lowest BCUT2D eigenvalue weighted by atomic mass is 9.74. The minimum atomic E-state index is -0.0229. The van der Waals surface area contributed by atoms with Gasteiger partial charge in [-0.05, 0) is 43.4 Å². The molecular formula is C16H30N2O2. The van der Waals surface area contributed by atoms with Crippen LogP contribution in [0.3, 0.4) is 0 Å². The maximum absolute atomic E-state index is 12.1. The summed E-state index contributed by atoms with van der Waals surface area (Å²) in [6, 6.07) is 0.300. The first-order valence-corrected chi connectivity index (χ1v) is 8.22. The average Bonchev–Trinajstić information content (AvgIpc) is 2.89. The van der Waals surface area contributed by atoms with Gasteiger partial charge in [0.25, 0.3) is 0 Å². The van der Waals surface area contributed by atoms with Gasteiger partial charge in [0.05, 0.1) is 6.10 Å². The second-order valence-corrected chi connectivity index (χ2v) is 6.92. The van der Waals surface area contributed by atoms with E-state index in [9.17, 15) is 4.79 Å². The molecule has 0 aromatic heterocycles. The van der Waals surface area contributed by atoms with Crippen LogP contribution in [0, 0.1) is 17.8 Å². The second-order valence-electron chi connectivity index (χ2n) is 6.92. The molecule has 0 spiro atoms. The average molecular weight is 282 g/mol. The van der Waals surface area contributed by atoms with Crippen LogP contribution in [0.5, 0.6) is 0 Å². The zero-order valence-electron chi connectivity index (χ0n) is 13.2. The molecule has 1 heterocycles. The summed E-state index contributed by atoms with van der Waals surface area (Å²) in [5.74, 6) is 1.96. The molecule has 116 valence electrons. The minimum Gasteiger partial charge on any atom is -0.376 e. The lowest BCUT2D eigenvalue weighted by Gasteiger charge is -2.37. The smallest absolute Gasteiger partial charge is 0.315 e. The number of ether oxygens (including phenoxy) is 1. The summed E-state index contributed by atoms with van der Waals surface area (Å²) in [5, 5.41) is 6.17. The highest BCUT2D eigenvalue weighted by molar-refractivity contribution is 5.74. The molecule has 0 bridgehead atoms. The minimum absolute atomic E-state index is 0.0229. The molecule has 1 aliphatic carbocycles. The summed E-state index contributed by atoms with van der Waals surface area (Å²) in [6.45, 7) is 8.29. The Kier molecular flexibility index (Phi) is 5.70. The fourth-order valence-electron chi connectivity index (χ4n) is 3.60. The molecule has 0 aromatic carbocycles. The molecular weight excluding hydrogens is 252 g/mol. The number of carbonyl (C=O) groups is 1. The van der Waals surface area contributed by atoms with E-state index in [1.54, 1.807) is 0 Å². The Labute approximate surface area is 123 Å². The molecule has 1 saturated heterocycles. The summed E-state index contributed by atoms with van der Waals surface area (Å²) in [7, 11) is 0. The second kappa shape index (κ2) is 7.30. The quantitative estimate of drug-likeness (QED) is 0.833. The molecule has 1 saturated carbocycles. The van der Waals surface area contributed by atoms with E-state index >= 15 is 0 Å². The highest BCUT2D eigenvalue weighted by atomic mass is 16.5. The molecule has 2 fully saturated rings. The van der Waals surface area contributed by atoms with E-state index in [2.05, 4.69) is 31.4 Å². The van der Waals surface area contributed by atoms with Gasteiger partial charge in [-0.25, -0.2) is 4.79 Å². The van der Waals surface area contributed by atoms with Crippen LogP contribution in [0.1, 0.15) is 52.9 Å². The van der Waals surface area contributed by atoms with E-state index in [-0.39, 0.29) is 12.1 Å². The molecule has 0 radical (unpaired) electrons. The van der Waals surface area contributed by atoms with Crippen molar-refractivity contribution in [3.63, 3.8) is 0 Å². The van der Waals surface area contributed by atoms with E-state index in [4.69, 9.17) is 4.74 Å². The number of hydrogen-bond acceptors (Lipinski definition) is 2. The molecule has 4 atom stereocenters. The third kappa shape index (κ3) is 4.37. The summed E-state index contributed by atoms with van der Waals surface area (Å²) >= 11 is 0. The number of amides is 2. The first kappa shape index (κ1) is 15.6. The molecule has 2 N–H and O–H groups in total. The number of urea groups is 1. The van der Waals surface area contributed by atoms with Gasteiger partial charge in [-0.15, -0.1) is 0 Å². The van der Waals surface area contributed by atoms with Gasteiger partial charge in [0.2, 0.25) is 0 Å². The van der Waals surface area contributed by atoms with Crippen molar-refractivity contribution in [3.8, 4) is 0 Å². The molecule has 4 heteroatoms. The Morgan fingerprint density at radius 2 is 2.10 bits per heavy atom. The van der Waals surface area contributed by atoms with Gasteiger partial charge < -0.3 is 15.4 Å². The number of hydrogen-bond donors (Lipinski definition) is 2. The Balaban J connectivity index is 1.77. The van der Waals surface area contributed by atoms with Crippen molar-refractivity contribution in [1.29, 1.82) is 0 Å². The summed E-state index contributed by atoms with van der Waals surface area (Å²) < 4.78 is 5.53. The molecule has 0 unspecified atom stereocenters. The molecule has 0 aromatic rings. The zero-order chi connectivity index (χ0) is 14.5. The van der Waals surface area contributed by atoms with Crippen molar-refractivity contribution in [3.05, 3.63) is 0 Å². The summed E-state index contributed by atoms with van der Waals surface area (Å²) in [4.78, 5) is 12.1. The van der Waals surface area contributed by atoms with E-state index in [1.807, 2.05) is 0 Å². The van der Waals surface area contributed by atoms with Crippen LogP contribution in [0.2, 0.25) is 0 Å². The third-order valence-electron chi connectivity index (χ3n) is 4.85. The molecule has 1 aliphatic heterocycles. The van der Waals surface area contributed by atoms with Crippen LogP contribution in [0.15, 0.2) is 0 Å². The Hall–Kier alpha value is -0.770. The standard InChI is InChI=1S/C16H30N2O2/c1-11(2)14-7-6-12(3)9-15(14)18-16(19)17-10-13-5-4-8-20-13/h11-15H,4-10H2,1-3H3,(H2,17,18,19)/t12-,13-,14-,15-/m1/s1. The van der Waals surface area contributed by atoms with E-state index in [0.29, 0.717) is 30.3 Å². The van der Waals surface area contributed by atoms with Gasteiger partial charge in [-0.1, -0.05) is 27.2 Å². The summed E-state index contributed by atoms with van der Waals surface area (Å²) in [6.07, 6.45) is 6.02. The van der Waals surface area contributed by atoms with Crippen LogP contribution in [-0.4, -0.2) is 31.3 Å². The van der Waals surface area contributed by atoms with Gasteiger partial charge in [-0.3, -0.25) is 0 Å². The lowest BCUT2D eigenvalue weighted by Crippen LogP contribution is -2.50. The largest absolute Gasteiger partial charge is 0.376 e. The van der Waals surface area contributed by atoms with Crippen molar-refractivity contribution >= 4 is 6.03 Å². The van der Waals surface area contributed by atoms with Crippen LogP contribution in [0.4, 0.5) is 4.79 Å². The highest BCUT2D eigenvalue weighted by Crippen LogP contribution is 2.33. The van der Waals surface area contributed by atoms with Crippen molar-refractivity contribution in [2.45, 2.75) is 65.0 Å². The normalized spacial score (nSPS) is 34.2. The first-order valence-electron chi connectivity index (χ1n) is 8.22. The number of nitrogens with one attached hydrogen (secondary N) is 2. The predicted molar refractivity (Wildman–Crippen MR) is 80.6 cm³/mol. The molecule has 2 rings (SSSR count). The van der Waals surface area contributed by atoms with Crippen LogP contribution < -0.4 is 10.6 Å². The fraction of sp³-hybridized carbons (Fsp3) is 0.938. The maximum Gasteiger partial charge on any atom is 0.315 e.